The van der Waals surface area contributed by atoms with Crippen LogP contribution in [0.25, 0.3) is 11.5 Å². The third-order valence-electron chi connectivity index (χ3n) is 3.61. The lowest BCUT2D eigenvalue weighted by Crippen LogP contribution is -2.33. The van der Waals surface area contributed by atoms with Crippen molar-refractivity contribution in [1.29, 1.82) is 0 Å². The largest absolute Gasteiger partial charge is 0.404 e. The van der Waals surface area contributed by atoms with E-state index < -0.39 is 29.4 Å². The average molecular weight is 353 g/mol. The molecule has 8 nitrogen and oxygen atoms in total. The number of aromatic nitrogens is 2. The van der Waals surface area contributed by atoms with Gasteiger partial charge in [-0.15, -0.1) is 0 Å². The van der Waals surface area contributed by atoms with Gasteiger partial charge in [-0.3, -0.25) is 9.59 Å². The second-order valence-corrected chi connectivity index (χ2v) is 5.26. The molecular formula is C17H8FN3O5. The molecule has 0 radical (unpaired) electrons. The predicted molar refractivity (Wildman–Crippen MR) is 82.0 cm³/mol. The Morgan fingerprint density at radius 1 is 1.04 bits per heavy atom. The van der Waals surface area contributed by atoms with E-state index in [1.807, 2.05) is 0 Å². The Hall–Kier alpha value is -3.88. The van der Waals surface area contributed by atoms with Gasteiger partial charge in [-0.25, -0.2) is 9.18 Å². The van der Waals surface area contributed by atoms with Crippen molar-refractivity contribution in [1.82, 2.24) is 15.2 Å². The van der Waals surface area contributed by atoms with Crippen LogP contribution in [0, 0.1) is 5.82 Å². The molecule has 26 heavy (non-hydrogen) atoms. The van der Waals surface area contributed by atoms with Gasteiger partial charge >= 0.3 is 5.97 Å². The molecule has 0 bridgehead atoms. The number of hydrogen-bond donors (Lipinski definition) is 0. The number of benzene rings is 2. The SMILES string of the molecule is O=C(ON1C(=O)c2ccccc2C1=O)c1noc(-c2cccc(F)c2)n1. The van der Waals surface area contributed by atoms with Crippen LogP contribution in [0.4, 0.5) is 4.39 Å². The molecule has 0 spiro atoms. The number of nitrogens with zero attached hydrogens (tertiary/aromatic N) is 3. The number of amides is 2. The first-order valence-electron chi connectivity index (χ1n) is 7.34. The first-order chi connectivity index (χ1) is 12.5. The second-order valence-electron chi connectivity index (χ2n) is 5.26. The Morgan fingerprint density at radius 2 is 1.73 bits per heavy atom. The van der Waals surface area contributed by atoms with Crippen LogP contribution in [0.2, 0.25) is 0 Å². The summed E-state index contributed by atoms with van der Waals surface area (Å²) in [6, 6.07) is 11.4. The van der Waals surface area contributed by atoms with Crippen molar-refractivity contribution in [3.63, 3.8) is 0 Å². The van der Waals surface area contributed by atoms with Gasteiger partial charge in [-0.2, -0.15) is 4.98 Å². The number of imide groups is 1. The van der Waals surface area contributed by atoms with Crippen LogP contribution in [-0.4, -0.2) is 33.0 Å². The molecule has 2 amide bonds. The van der Waals surface area contributed by atoms with E-state index in [1.165, 1.54) is 30.3 Å². The predicted octanol–water partition coefficient (Wildman–Crippen LogP) is 2.24. The van der Waals surface area contributed by atoms with Crippen molar-refractivity contribution in [3.05, 3.63) is 71.3 Å². The molecule has 4 rings (SSSR count). The van der Waals surface area contributed by atoms with Gasteiger partial charge in [-0.05, 0) is 35.5 Å². The van der Waals surface area contributed by atoms with Gasteiger partial charge < -0.3 is 9.36 Å². The van der Waals surface area contributed by atoms with Crippen molar-refractivity contribution in [2.75, 3.05) is 0 Å². The minimum absolute atomic E-state index is 0.112. The molecular weight excluding hydrogens is 345 g/mol. The van der Waals surface area contributed by atoms with E-state index in [0.29, 0.717) is 5.06 Å². The fraction of sp³-hybridized carbons (Fsp3) is 0. The summed E-state index contributed by atoms with van der Waals surface area (Å²) in [6.45, 7) is 0. The van der Waals surface area contributed by atoms with E-state index in [0.717, 1.165) is 6.07 Å². The molecule has 0 saturated heterocycles. The summed E-state index contributed by atoms with van der Waals surface area (Å²) in [5.41, 5.74) is 0.509. The summed E-state index contributed by atoms with van der Waals surface area (Å²) >= 11 is 0. The van der Waals surface area contributed by atoms with Crippen molar-refractivity contribution < 1.29 is 28.1 Å². The molecule has 0 aliphatic carbocycles. The van der Waals surface area contributed by atoms with E-state index in [1.54, 1.807) is 12.1 Å². The second kappa shape index (κ2) is 5.88. The van der Waals surface area contributed by atoms with Crippen molar-refractivity contribution in [2.24, 2.45) is 0 Å². The number of rotatable bonds is 3. The average Bonchev–Trinajstić information content (AvgIpc) is 3.22. The standard InChI is InChI=1S/C17H8FN3O5/c18-10-5-3-4-9(8-10)14-19-13(20-25-14)17(24)26-21-15(22)11-6-1-2-7-12(11)16(21)23/h1-8H. The van der Waals surface area contributed by atoms with E-state index in [-0.39, 0.29) is 22.6 Å². The fourth-order valence-electron chi connectivity index (χ4n) is 2.42. The first kappa shape index (κ1) is 15.6. The number of hydroxylamine groups is 2. The molecule has 2 aromatic carbocycles. The quantitative estimate of drug-likeness (QED) is 0.665. The van der Waals surface area contributed by atoms with Gasteiger partial charge in [0.05, 0.1) is 11.1 Å². The van der Waals surface area contributed by atoms with E-state index in [9.17, 15) is 18.8 Å². The first-order valence-corrected chi connectivity index (χ1v) is 7.34. The van der Waals surface area contributed by atoms with Crippen LogP contribution in [0.15, 0.2) is 53.1 Å². The molecule has 2 heterocycles. The molecule has 0 fully saturated rings. The van der Waals surface area contributed by atoms with Crippen LogP contribution in [0.1, 0.15) is 31.3 Å². The van der Waals surface area contributed by atoms with Gasteiger partial charge in [-0.1, -0.05) is 23.3 Å². The molecule has 0 atom stereocenters. The minimum Gasteiger partial charge on any atom is -0.333 e. The highest BCUT2D eigenvalue weighted by Crippen LogP contribution is 2.23. The van der Waals surface area contributed by atoms with E-state index in [2.05, 4.69) is 10.1 Å². The molecule has 1 aliphatic rings. The maximum absolute atomic E-state index is 13.2. The van der Waals surface area contributed by atoms with Gasteiger partial charge in [0.25, 0.3) is 23.5 Å². The molecule has 128 valence electrons. The van der Waals surface area contributed by atoms with Crippen LogP contribution >= 0.6 is 0 Å². The van der Waals surface area contributed by atoms with Crippen molar-refractivity contribution in [2.45, 2.75) is 0 Å². The van der Waals surface area contributed by atoms with Crippen LogP contribution < -0.4 is 0 Å². The molecule has 0 N–H and O–H groups in total. The van der Waals surface area contributed by atoms with Crippen LogP contribution in [0.3, 0.4) is 0 Å². The molecule has 1 aliphatic heterocycles. The lowest BCUT2D eigenvalue weighted by molar-refractivity contribution is -0.0594. The normalized spacial score (nSPS) is 13.0. The summed E-state index contributed by atoms with van der Waals surface area (Å²) in [5.74, 6) is -3.85. The Labute approximate surface area is 144 Å². The molecule has 1 aromatic heterocycles. The lowest BCUT2D eigenvalue weighted by Gasteiger charge is -2.10. The summed E-state index contributed by atoms with van der Waals surface area (Å²) < 4.78 is 18.1. The number of hydrogen-bond acceptors (Lipinski definition) is 7. The highest BCUT2D eigenvalue weighted by atomic mass is 19.1. The van der Waals surface area contributed by atoms with Crippen LogP contribution in [-0.2, 0) is 4.84 Å². The number of carbonyl (C=O) groups is 3. The Morgan fingerprint density at radius 3 is 2.38 bits per heavy atom. The zero-order valence-corrected chi connectivity index (χ0v) is 12.9. The topological polar surface area (TPSA) is 103 Å². The van der Waals surface area contributed by atoms with E-state index in [4.69, 9.17) is 9.36 Å². The summed E-state index contributed by atoms with van der Waals surface area (Å²) in [4.78, 5) is 45.1. The highest BCUT2D eigenvalue weighted by molar-refractivity contribution is 6.21. The lowest BCUT2D eigenvalue weighted by atomic mass is 10.1. The van der Waals surface area contributed by atoms with Gasteiger partial charge in [0, 0.05) is 5.56 Å². The summed E-state index contributed by atoms with van der Waals surface area (Å²) in [5, 5.41) is 3.77. The Balaban J connectivity index is 1.55. The number of halogens is 1. The maximum Gasteiger partial charge on any atom is 0.404 e. The third kappa shape index (κ3) is 2.51. The Bertz CT molecular complexity index is 1030. The van der Waals surface area contributed by atoms with Crippen molar-refractivity contribution in [3.8, 4) is 11.5 Å². The summed E-state index contributed by atoms with van der Waals surface area (Å²) in [7, 11) is 0. The monoisotopic (exact) mass is 353 g/mol. The smallest absolute Gasteiger partial charge is 0.333 e. The third-order valence-corrected chi connectivity index (χ3v) is 3.61. The zero-order valence-electron chi connectivity index (χ0n) is 12.9. The maximum atomic E-state index is 13.2. The minimum atomic E-state index is -1.16. The highest BCUT2D eigenvalue weighted by Gasteiger charge is 2.39. The molecule has 3 aromatic rings. The number of carbonyl (C=O) groups excluding carboxylic acids is 3. The van der Waals surface area contributed by atoms with Gasteiger partial charge in [0.1, 0.15) is 5.82 Å². The summed E-state index contributed by atoms with van der Waals surface area (Å²) in [6.07, 6.45) is 0. The zero-order chi connectivity index (χ0) is 18.3. The van der Waals surface area contributed by atoms with Crippen LogP contribution in [0.5, 0.6) is 0 Å². The molecule has 0 unspecified atom stereocenters. The fourth-order valence-corrected chi connectivity index (χ4v) is 2.42. The van der Waals surface area contributed by atoms with Gasteiger partial charge in [0.2, 0.25) is 0 Å². The van der Waals surface area contributed by atoms with E-state index >= 15 is 0 Å². The molecule has 0 saturated carbocycles. The Kier molecular flexibility index (Phi) is 3.54. The molecule has 9 heteroatoms. The van der Waals surface area contributed by atoms with Crippen molar-refractivity contribution >= 4 is 17.8 Å². The number of fused-ring (bicyclic) bond motifs is 1. The van der Waals surface area contributed by atoms with Gasteiger partial charge in [0.15, 0.2) is 0 Å².